The molecule has 2 rings (SSSR count). The first-order valence-corrected chi connectivity index (χ1v) is 8.30. The van der Waals surface area contributed by atoms with E-state index in [0.29, 0.717) is 6.42 Å². The summed E-state index contributed by atoms with van der Waals surface area (Å²) in [4.78, 5) is 11.7. The van der Waals surface area contributed by atoms with Gasteiger partial charge in [0.1, 0.15) is 6.10 Å². The molecule has 4 nitrogen and oxygen atoms in total. The molecule has 0 amide bonds. The van der Waals surface area contributed by atoms with E-state index in [9.17, 15) is 13.2 Å². The number of carbonyl (C=O) groups excluding carboxylic acids is 1. The minimum atomic E-state index is -3.17. The molecule has 1 heterocycles. The van der Waals surface area contributed by atoms with Gasteiger partial charge in [-0.05, 0) is 12.0 Å². The van der Waals surface area contributed by atoms with Crippen LogP contribution >= 0.6 is 11.6 Å². The van der Waals surface area contributed by atoms with Crippen LogP contribution in [0.4, 0.5) is 0 Å². The van der Waals surface area contributed by atoms with Crippen molar-refractivity contribution >= 4 is 27.4 Å². The van der Waals surface area contributed by atoms with Crippen molar-refractivity contribution in [3.05, 3.63) is 35.9 Å². The van der Waals surface area contributed by atoms with Crippen LogP contribution < -0.4 is 0 Å². The smallest absolute Gasteiger partial charge is 0.306 e. The number of rotatable bonds is 4. The molecule has 0 radical (unpaired) electrons. The molecular formula is C13H15ClO4S. The van der Waals surface area contributed by atoms with Crippen LogP contribution in [0.15, 0.2) is 30.3 Å². The second-order valence-corrected chi connectivity index (χ2v) is 7.32. The number of esters is 1. The Balaban J connectivity index is 1.82. The number of hydrogen-bond acceptors (Lipinski definition) is 4. The Labute approximate surface area is 117 Å². The Bertz CT molecular complexity index is 541. The Morgan fingerprint density at radius 1 is 1.26 bits per heavy atom. The molecule has 1 aromatic rings. The summed E-state index contributed by atoms with van der Waals surface area (Å²) in [6.07, 6.45) is 0.0888. The number of carbonyl (C=O) groups is 1. The van der Waals surface area contributed by atoms with Crippen molar-refractivity contribution in [1.29, 1.82) is 0 Å². The van der Waals surface area contributed by atoms with E-state index in [0.717, 1.165) is 5.56 Å². The van der Waals surface area contributed by atoms with E-state index in [4.69, 9.17) is 16.3 Å². The van der Waals surface area contributed by atoms with Crippen LogP contribution in [-0.4, -0.2) is 37.4 Å². The van der Waals surface area contributed by atoms with Crippen LogP contribution in [-0.2, 0) is 25.8 Å². The van der Waals surface area contributed by atoms with E-state index in [-0.39, 0.29) is 17.9 Å². The summed E-state index contributed by atoms with van der Waals surface area (Å²) in [7, 11) is -3.17. The summed E-state index contributed by atoms with van der Waals surface area (Å²) in [6.45, 7) is 0. The number of alkyl halides is 1. The van der Waals surface area contributed by atoms with Gasteiger partial charge in [0.25, 0.3) is 0 Å². The molecule has 2 atom stereocenters. The van der Waals surface area contributed by atoms with Gasteiger partial charge < -0.3 is 4.74 Å². The fourth-order valence-electron chi connectivity index (χ4n) is 2.00. The molecule has 0 aromatic heterocycles. The molecule has 1 fully saturated rings. The molecule has 1 aliphatic heterocycles. The van der Waals surface area contributed by atoms with Gasteiger partial charge in [0, 0.05) is 6.42 Å². The van der Waals surface area contributed by atoms with Gasteiger partial charge >= 0.3 is 5.97 Å². The van der Waals surface area contributed by atoms with Crippen LogP contribution in [0.5, 0.6) is 0 Å². The summed E-state index contributed by atoms with van der Waals surface area (Å²) in [6, 6.07) is 9.57. The standard InChI is InChI=1S/C13H15ClO4S/c14-11-8-19(16,17)9-12(11)18-13(15)7-6-10-4-2-1-3-5-10/h1-5,11-12H,6-9H2/t11-,12+/m1/s1. The summed E-state index contributed by atoms with van der Waals surface area (Å²) < 4.78 is 27.8. The Hall–Kier alpha value is -1.07. The van der Waals surface area contributed by atoms with Crippen molar-refractivity contribution in [2.75, 3.05) is 11.5 Å². The molecule has 104 valence electrons. The minimum absolute atomic E-state index is 0.120. The van der Waals surface area contributed by atoms with E-state index in [1.807, 2.05) is 30.3 Å². The van der Waals surface area contributed by atoms with Crippen molar-refractivity contribution in [2.24, 2.45) is 0 Å². The zero-order chi connectivity index (χ0) is 13.9. The second kappa shape index (κ2) is 5.92. The number of hydrogen-bond donors (Lipinski definition) is 0. The number of sulfone groups is 1. The molecule has 19 heavy (non-hydrogen) atoms. The van der Waals surface area contributed by atoms with Crippen molar-refractivity contribution in [3.63, 3.8) is 0 Å². The van der Waals surface area contributed by atoms with Crippen LogP contribution in [0, 0.1) is 0 Å². The predicted molar refractivity (Wildman–Crippen MR) is 72.9 cm³/mol. The van der Waals surface area contributed by atoms with Crippen molar-refractivity contribution in [1.82, 2.24) is 0 Å². The van der Waals surface area contributed by atoms with Gasteiger partial charge in [0.2, 0.25) is 0 Å². The second-order valence-electron chi connectivity index (χ2n) is 4.61. The van der Waals surface area contributed by atoms with E-state index in [1.165, 1.54) is 0 Å². The Morgan fingerprint density at radius 2 is 1.95 bits per heavy atom. The summed E-state index contributed by atoms with van der Waals surface area (Å²) in [5.74, 6) is -0.694. The summed E-state index contributed by atoms with van der Waals surface area (Å²) in [5, 5.41) is -0.634. The molecule has 6 heteroatoms. The molecule has 0 bridgehead atoms. The van der Waals surface area contributed by atoms with Gasteiger partial charge in [0.05, 0.1) is 16.9 Å². The average Bonchev–Trinajstić information content (AvgIpc) is 2.61. The minimum Gasteiger partial charge on any atom is -0.460 e. The quantitative estimate of drug-likeness (QED) is 0.626. The number of ether oxygens (including phenoxy) is 1. The first-order valence-electron chi connectivity index (χ1n) is 6.04. The predicted octanol–water partition coefficient (Wildman–Crippen LogP) is 1.57. The maximum Gasteiger partial charge on any atom is 0.306 e. The van der Waals surface area contributed by atoms with Gasteiger partial charge in [-0.3, -0.25) is 4.79 Å². The third kappa shape index (κ3) is 4.21. The van der Waals surface area contributed by atoms with Crippen LogP contribution in [0.3, 0.4) is 0 Å². The van der Waals surface area contributed by atoms with E-state index in [2.05, 4.69) is 0 Å². The first-order chi connectivity index (χ1) is 8.96. The van der Waals surface area contributed by atoms with Gasteiger partial charge in [-0.15, -0.1) is 11.6 Å². The van der Waals surface area contributed by atoms with Gasteiger partial charge in [0.15, 0.2) is 9.84 Å². The normalized spacial score (nSPS) is 25.1. The molecule has 1 aromatic carbocycles. The molecule has 0 N–H and O–H groups in total. The SMILES string of the molecule is O=C(CCc1ccccc1)O[C@H]1CS(=O)(=O)C[C@H]1Cl. The molecule has 0 aliphatic carbocycles. The van der Waals surface area contributed by atoms with Crippen molar-refractivity contribution in [3.8, 4) is 0 Å². The molecule has 0 saturated carbocycles. The van der Waals surface area contributed by atoms with Crippen molar-refractivity contribution < 1.29 is 17.9 Å². The topological polar surface area (TPSA) is 60.4 Å². The zero-order valence-corrected chi connectivity index (χ0v) is 11.9. The number of benzene rings is 1. The molecule has 0 unspecified atom stereocenters. The lowest BCUT2D eigenvalue weighted by atomic mass is 10.1. The largest absolute Gasteiger partial charge is 0.460 e. The Morgan fingerprint density at radius 3 is 2.53 bits per heavy atom. The monoisotopic (exact) mass is 302 g/mol. The van der Waals surface area contributed by atoms with E-state index >= 15 is 0 Å². The lowest BCUT2D eigenvalue weighted by molar-refractivity contribution is -0.147. The van der Waals surface area contributed by atoms with E-state index < -0.39 is 27.3 Å². The van der Waals surface area contributed by atoms with Crippen molar-refractivity contribution in [2.45, 2.75) is 24.3 Å². The number of aryl methyl sites for hydroxylation is 1. The van der Waals surface area contributed by atoms with E-state index in [1.54, 1.807) is 0 Å². The van der Waals surface area contributed by atoms with Crippen LogP contribution in [0.25, 0.3) is 0 Å². The first kappa shape index (κ1) is 14.3. The zero-order valence-electron chi connectivity index (χ0n) is 10.3. The highest BCUT2D eigenvalue weighted by atomic mass is 35.5. The van der Waals surface area contributed by atoms with Gasteiger partial charge in [-0.2, -0.15) is 0 Å². The maximum atomic E-state index is 11.7. The molecule has 0 spiro atoms. The highest BCUT2D eigenvalue weighted by Crippen LogP contribution is 2.21. The fourth-order valence-corrected chi connectivity index (χ4v) is 4.46. The van der Waals surface area contributed by atoms with Crippen LogP contribution in [0.1, 0.15) is 12.0 Å². The lowest BCUT2D eigenvalue weighted by Gasteiger charge is -2.13. The molecule has 1 saturated heterocycles. The highest BCUT2D eigenvalue weighted by molar-refractivity contribution is 7.91. The molecular weight excluding hydrogens is 288 g/mol. The van der Waals surface area contributed by atoms with Gasteiger partial charge in [-0.1, -0.05) is 30.3 Å². The fraction of sp³-hybridized carbons (Fsp3) is 0.462. The lowest BCUT2D eigenvalue weighted by Crippen LogP contribution is -2.26. The average molecular weight is 303 g/mol. The third-order valence-electron chi connectivity index (χ3n) is 2.98. The third-order valence-corrected chi connectivity index (χ3v) is 5.30. The van der Waals surface area contributed by atoms with Crippen LogP contribution in [0.2, 0.25) is 0 Å². The summed E-state index contributed by atoms with van der Waals surface area (Å²) >= 11 is 5.87. The molecule has 1 aliphatic rings. The Kier molecular flexibility index (Phi) is 4.47. The highest BCUT2D eigenvalue weighted by Gasteiger charge is 2.38. The van der Waals surface area contributed by atoms with Gasteiger partial charge in [-0.25, -0.2) is 8.42 Å². The summed E-state index contributed by atoms with van der Waals surface area (Å²) in [5.41, 5.74) is 1.04. The maximum absolute atomic E-state index is 11.7. The number of halogens is 1.